The van der Waals surface area contributed by atoms with Crippen LogP contribution in [0.5, 0.6) is 0 Å². The van der Waals surface area contributed by atoms with Crippen molar-refractivity contribution < 1.29 is 0 Å². The number of hydrogen-bond acceptors (Lipinski definition) is 1. The molecule has 2 aromatic rings. The molecule has 0 atom stereocenters. The van der Waals surface area contributed by atoms with Crippen molar-refractivity contribution >= 4 is 10.9 Å². The van der Waals surface area contributed by atoms with Crippen molar-refractivity contribution in [2.45, 2.75) is 38.3 Å². The molecular weight excluding hydrogens is 208 g/mol. The summed E-state index contributed by atoms with van der Waals surface area (Å²) < 4.78 is 2.22. The predicted molar refractivity (Wildman–Crippen MR) is 72.0 cm³/mol. The minimum absolute atomic E-state index is 0.386. The second kappa shape index (κ2) is 3.88. The van der Waals surface area contributed by atoms with Crippen LogP contribution in [0.25, 0.3) is 10.9 Å². The third-order valence-electron chi connectivity index (χ3n) is 4.14. The minimum Gasteiger partial charge on any atom is -0.350 e. The average Bonchev–Trinajstić information content (AvgIpc) is 2.62. The normalized spacial score (nSPS) is 18.2. The number of fused-ring (bicyclic) bond motifs is 1. The minimum atomic E-state index is 0.386. The summed E-state index contributed by atoms with van der Waals surface area (Å²) in [5.74, 6) is 0. The molecule has 2 nitrogen and oxygen atoms in total. The monoisotopic (exact) mass is 228 g/mol. The molecule has 17 heavy (non-hydrogen) atoms. The molecule has 1 heterocycles. The molecule has 3 rings (SSSR count). The molecule has 1 aromatic carbocycles. The van der Waals surface area contributed by atoms with Crippen LogP contribution in [0.15, 0.2) is 30.5 Å². The Balaban J connectivity index is 1.85. The van der Waals surface area contributed by atoms with Gasteiger partial charge >= 0.3 is 0 Å². The number of benzene rings is 1. The lowest BCUT2D eigenvalue weighted by Crippen LogP contribution is -2.47. The van der Waals surface area contributed by atoms with Crippen LogP contribution in [0, 0.1) is 0 Å². The molecule has 0 aliphatic heterocycles. The molecule has 1 aliphatic rings. The first kappa shape index (κ1) is 10.8. The summed E-state index contributed by atoms with van der Waals surface area (Å²) in [6, 6.07) is 8.63. The molecule has 0 radical (unpaired) electrons. The third kappa shape index (κ3) is 1.87. The van der Waals surface area contributed by atoms with Gasteiger partial charge in [0.05, 0.1) is 0 Å². The highest BCUT2D eigenvalue weighted by Gasteiger charge is 2.30. The van der Waals surface area contributed by atoms with E-state index in [1.807, 2.05) is 0 Å². The van der Waals surface area contributed by atoms with E-state index in [0.717, 1.165) is 6.54 Å². The number of hydrogen-bond donors (Lipinski definition) is 1. The van der Waals surface area contributed by atoms with Gasteiger partial charge in [0.2, 0.25) is 0 Å². The fourth-order valence-corrected chi connectivity index (χ4v) is 2.76. The molecule has 0 saturated heterocycles. The molecule has 0 amide bonds. The van der Waals surface area contributed by atoms with Crippen LogP contribution in [0.3, 0.4) is 0 Å². The van der Waals surface area contributed by atoms with Crippen molar-refractivity contribution in [3.63, 3.8) is 0 Å². The molecule has 2 heteroatoms. The van der Waals surface area contributed by atoms with E-state index in [9.17, 15) is 0 Å². The first-order chi connectivity index (χ1) is 8.18. The molecule has 1 N–H and O–H groups in total. The Morgan fingerprint density at radius 1 is 1.29 bits per heavy atom. The van der Waals surface area contributed by atoms with Gasteiger partial charge in [-0.1, -0.05) is 18.2 Å². The second-order valence-electron chi connectivity index (χ2n) is 5.55. The van der Waals surface area contributed by atoms with Crippen LogP contribution in [0.4, 0.5) is 0 Å². The Labute approximate surface area is 103 Å². The number of para-hydroxylation sites is 1. The Kier molecular flexibility index (Phi) is 2.48. The fraction of sp³-hybridized carbons (Fsp3) is 0.467. The fourth-order valence-electron chi connectivity index (χ4n) is 2.76. The van der Waals surface area contributed by atoms with Crippen LogP contribution in [0.1, 0.15) is 31.7 Å². The van der Waals surface area contributed by atoms with E-state index < -0.39 is 0 Å². The van der Waals surface area contributed by atoms with Crippen LogP contribution in [0.2, 0.25) is 0 Å². The molecule has 0 bridgehead atoms. The van der Waals surface area contributed by atoms with Gasteiger partial charge in [0.15, 0.2) is 0 Å². The molecule has 1 aromatic heterocycles. The average molecular weight is 228 g/mol. The predicted octanol–water partition coefficient (Wildman–Crippen LogP) is 3.21. The summed E-state index contributed by atoms with van der Waals surface area (Å²) in [7, 11) is 2.12. The number of nitrogens with zero attached hydrogens (tertiary/aromatic N) is 1. The number of rotatable bonds is 3. The van der Waals surface area contributed by atoms with Crippen molar-refractivity contribution in [1.82, 2.24) is 9.88 Å². The topological polar surface area (TPSA) is 17.0 Å². The van der Waals surface area contributed by atoms with Gasteiger partial charge in [0.1, 0.15) is 0 Å². The summed E-state index contributed by atoms with van der Waals surface area (Å²) >= 11 is 0. The maximum absolute atomic E-state index is 3.70. The molecule has 1 fully saturated rings. The van der Waals surface area contributed by atoms with E-state index in [2.05, 4.69) is 54.3 Å². The van der Waals surface area contributed by atoms with Gasteiger partial charge in [-0.05, 0) is 37.8 Å². The van der Waals surface area contributed by atoms with Crippen LogP contribution >= 0.6 is 0 Å². The molecule has 0 unspecified atom stereocenters. The number of aromatic nitrogens is 1. The lowest BCUT2D eigenvalue weighted by Gasteiger charge is -2.39. The summed E-state index contributed by atoms with van der Waals surface area (Å²) in [6.45, 7) is 3.32. The largest absolute Gasteiger partial charge is 0.350 e. The van der Waals surface area contributed by atoms with Crippen molar-refractivity contribution in [3.8, 4) is 0 Å². The van der Waals surface area contributed by atoms with Crippen molar-refractivity contribution in [1.29, 1.82) is 0 Å². The van der Waals surface area contributed by atoms with Crippen LogP contribution < -0.4 is 5.32 Å². The summed E-state index contributed by atoms with van der Waals surface area (Å²) in [5, 5.41) is 5.08. The van der Waals surface area contributed by atoms with Crippen LogP contribution in [-0.2, 0) is 13.6 Å². The van der Waals surface area contributed by atoms with Crippen LogP contribution in [-0.4, -0.2) is 10.1 Å². The first-order valence-corrected chi connectivity index (χ1v) is 6.46. The highest BCUT2D eigenvalue weighted by molar-refractivity contribution is 5.83. The second-order valence-corrected chi connectivity index (χ2v) is 5.55. The molecule has 90 valence electrons. The van der Waals surface area contributed by atoms with E-state index >= 15 is 0 Å². The zero-order valence-corrected chi connectivity index (χ0v) is 10.7. The third-order valence-corrected chi connectivity index (χ3v) is 4.14. The molecule has 1 aliphatic carbocycles. The molecular formula is C15H20N2. The lowest BCUT2D eigenvalue weighted by atomic mass is 9.78. The molecule has 1 saturated carbocycles. The van der Waals surface area contributed by atoms with Gasteiger partial charge in [0, 0.05) is 36.2 Å². The number of aryl methyl sites for hydroxylation is 1. The quantitative estimate of drug-likeness (QED) is 0.853. The zero-order chi connectivity index (χ0) is 11.9. The van der Waals surface area contributed by atoms with Gasteiger partial charge in [-0.15, -0.1) is 0 Å². The first-order valence-electron chi connectivity index (χ1n) is 6.46. The van der Waals surface area contributed by atoms with E-state index in [4.69, 9.17) is 0 Å². The van der Waals surface area contributed by atoms with E-state index in [1.54, 1.807) is 0 Å². The Morgan fingerprint density at radius 2 is 2.06 bits per heavy atom. The van der Waals surface area contributed by atoms with Gasteiger partial charge in [-0.3, -0.25) is 0 Å². The van der Waals surface area contributed by atoms with E-state index in [-0.39, 0.29) is 0 Å². The van der Waals surface area contributed by atoms with Crippen molar-refractivity contribution in [3.05, 3.63) is 36.0 Å². The van der Waals surface area contributed by atoms with Gasteiger partial charge < -0.3 is 9.88 Å². The summed E-state index contributed by atoms with van der Waals surface area (Å²) in [5.41, 5.74) is 3.12. The Hall–Kier alpha value is -1.28. The maximum atomic E-state index is 3.70. The smallest absolute Gasteiger partial charge is 0.0481 e. The maximum Gasteiger partial charge on any atom is 0.0481 e. The summed E-state index contributed by atoms with van der Waals surface area (Å²) in [4.78, 5) is 0. The van der Waals surface area contributed by atoms with E-state index in [0.29, 0.717) is 5.54 Å². The van der Waals surface area contributed by atoms with Gasteiger partial charge in [-0.2, -0.15) is 0 Å². The lowest BCUT2D eigenvalue weighted by molar-refractivity contribution is 0.207. The Morgan fingerprint density at radius 3 is 2.76 bits per heavy atom. The summed E-state index contributed by atoms with van der Waals surface area (Å²) in [6.07, 6.45) is 6.26. The van der Waals surface area contributed by atoms with Gasteiger partial charge in [-0.25, -0.2) is 0 Å². The van der Waals surface area contributed by atoms with E-state index in [1.165, 1.54) is 35.7 Å². The SMILES string of the molecule is Cn1cc(CNC2(C)CCC2)c2ccccc21. The highest BCUT2D eigenvalue weighted by Crippen LogP contribution is 2.31. The van der Waals surface area contributed by atoms with Crippen molar-refractivity contribution in [2.24, 2.45) is 7.05 Å². The molecule has 0 spiro atoms. The number of nitrogens with one attached hydrogen (secondary N) is 1. The standard InChI is InChI=1S/C15H20N2/c1-15(8-5-9-15)16-10-12-11-17(2)14-7-4-3-6-13(12)14/h3-4,6-7,11,16H,5,8-10H2,1-2H3. The Bertz CT molecular complexity index is 535. The van der Waals surface area contributed by atoms with Gasteiger partial charge in [0.25, 0.3) is 0 Å². The zero-order valence-electron chi connectivity index (χ0n) is 10.7. The highest BCUT2D eigenvalue weighted by atomic mass is 15.0. The van der Waals surface area contributed by atoms with Crippen molar-refractivity contribution in [2.75, 3.05) is 0 Å².